The molecule has 4 N–H and O–H groups in total. The highest BCUT2D eigenvalue weighted by atomic mass is 16.4. The zero-order valence-electron chi connectivity index (χ0n) is 21.4. The minimum atomic E-state index is -1.07. The lowest BCUT2D eigenvalue weighted by molar-refractivity contribution is -0.142. The number of carbonyl (C=O) groups excluding carboxylic acids is 2. The van der Waals surface area contributed by atoms with Crippen LogP contribution in [0, 0.1) is 5.92 Å². The van der Waals surface area contributed by atoms with Gasteiger partial charge in [-0.1, -0.05) is 85.0 Å². The summed E-state index contributed by atoms with van der Waals surface area (Å²) in [6.45, 7) is 6.04. The van der Waals surface area contributed by atoms with Gasteiger partial charge in [0.1, 0.15) is 12.1 Å². The normalized spacial score (nSPS) is 12.9. The number of hydrogen-bond donors (Lipinski definition) is 4. The van der Waals surface area contributed by atoms with Gasteiger partial charge in [0.25, 0.3) is 0 Å². The van der Waals surface area contributed by atoms with Crippen molar-refractivity contribution < 1.29 is 19.5 Å². The number of carboxylic acids is 1. The predicted molar refractivity (Wildman–Crippen MR) is 134 cm³/mol. The van der Waals surface area contributed by atoms with Crippen LogP contribution in [0.4, 0.5) is 0 Å². The van der Waals surface area contributed by atoms with Gasteiger partial charge in [0.2, 0.25) is 11.8 Å². The number of hydrogen-bond acceptors (Lipinski definition) is 4. The van der Waals surface area contributed by atoms with E-state index in [4.69, 9.17) is 0 Å². The van der Waals surface area contributed by atoms with E-state index in [1.807, 2.05) is 13.8 Å². The number of carbonyl (C=O) groups is 3. The topological polar surface area (TPSA) is 124 Å². The quantitative estimate of drug-likeness (QED) is 0.201. The molecule has 2 amide bonds. The summed E-state index contributed by atoms with van der Waals surface area (Å²) in [4.78, 5) is 43.8. The van der Waals surface area contributed by atoms with Crippen LogP contribution in [0.5, 0.6) is 0 Å². The van der Waals surface area contributed by atoms with E-state index < -0.39 is 24.0 Å². The molecular formula is C26H46N4O4. The zero-order chi connectivity index (χ0) is 25.2. The Bertz CT molecular complexity index is 691. The molecule has 2 atom stereocenters. The van der Waals surface area contributed by atoms with Gasteiger partial charge in [-0.3, -0.25) is 9.59 Å². The number of nitrogens with one attached hydrogen (secondary N) is 3. The van der Waals surface area contributed by atoms with Crippen LogP contribution in [-0.2, 0) is 20.8 Å². The van der Waals surface area contributed by atoms with Crippen molar-refractivity contribution >= 4 is 17.8 Å². The van der Waals surface area contributed by atoms with Crippen LogP contribution in [0.2, 0.25) is 0 Å². The Kier molecular flexibility index (Phi) is 15.7. The van der Waals surface area contributed by atoms with Gasteiger partial charge < -0.3 is 20.7 Å². The summed E-state index contributed by atoms with van der Waals surface area (Å²) in [7, 11) is 0. The summed E-state index contributed by atoms with van der Waals surface area (Å²) in [6.07, 6.45) is 17.3. The molecule has 34 heavy (non-hydrogen) atoms. The number of rotatable bonds is 20. The average Bonchev–Trinajstić information content (AvgIpc) is 3.29. The molecule has 194 valence electrons. The molecule has 2 unspecified atom stereocenters. The second-order valence-electron chi connectivity index (χ2n) is 9.72. The lowest BCUT2D eigenvalue weighted by Crippen LogP contribution is -2.52. The SMILES string of the molecule is CCCCCCCCCCCCCC(=O)NC(Cc1cnc[nH]1)C(=O)NC(CC(C)C)C(=O)O. The molecule has 8 nitrogen and oxygen atoms in total. The van der Waals surface area contributed by atoms with Gasteiger partial charge in [0.05, 0.1) is 6.33 Å². The molecule has 0 spiro atoms. The third kappa shape index (κ3) is 14.0. The molecule has 1 heterocycles. The number of aromatic amines is 1. The Morgan fingerprint density at radius 2 is 1.50 bits per heavy atom. The van der Waals surface area contributed by atoms with Crippen LogP contribution < -0.4 is 10.6 Å². The number of aromatic nitrogens is 2. The Morgan fingerprint density at radius 1 is 0.912 bits per heavy atom. The molecule has 0 radical (unpaired) electrons. The number of unbranched alkanes of at least 4 members (excludes halogenated alkanes) is 10. The molecule has 0 bridgehead atoms. The fourth-order valence-corrected chi connectivity index (χ4v) is 4.01. The first-order valence-corrected chi connectivity index (χ1v) is 13.1. The maximum atomic E-state index is 12.8. The molecule has 8 heteroatoms. The maximum absolute atomic E-state index is 12.8. The molecule has 0 aromatic carbocycles. The van der Waals surface area contributed by atoms with Crippen molar-refractivity contribution in [2.24, 2.45) is 5.92 Å². The molecule has 0 aliphatic rings. The van der Waals surface area contributed by atoms with Gasteiger partial charge in [-0.15, -0.1) is 0 Å². The Balaban J connectivity index is 2.40. The molecule has 0 aliphatic heterocycles. The highest BCUT2D eigenvalue weighted by Crippen LogP contribution is 2.12. The van der Waals surface area contributed by atoms with E-state index >= 15 is 0 Å². The lowest BCUT2D eigenvalue weighted by atomic mass is 10.0. The van der Waals surface area contributed by atoms with Gasteiger partial charge in [0.15, 0.2) is 0 Å². The first kappa shape index (κ1) is 29.7. The predicted octanol–water partition coefficient (Wildman–Crippen LogP) is 4.75. The summed E-state index contributed by atoms with van der Waals surface area (Å²) in [5.41, 5.74) is 0.700. The van der Waals surface area contributed by atoms with E-state index in [1.165, 1.54) is 57.7 Å². The lowest BCUT2D eigenvalue weighted by Gasteiger charge is -2.22. The Morgan fingerprint density at radius 3 is 2.00 bits per heavy atom. The van der Waals surface area contributed by atoms with E-state index in [1.54, 1.807) is 6.20 Å². The third-order valence-electron chi connectivity index (χ3n) is 5.96. The molecule has 0 saturated carbocycles. The van der Waals surface area contributed by atoms with E-state index in [-0.39, 0.29) is 18.2 Å². The highest BCUT2D eigenvalue weighted by Gasteiger charge is 2.27. The highest BCUT2D eigenvalue weighted by molar-refractivity contribution is 5.90. The van der Waals surface area contributed by atoms with Crippen LogP contribution in [0.3, 0.4) is 0 Å². The maximum Gasteiger partial charge on any atom is 0.326 e. The van der Waals surface area contributed by atoms with Crippen LogP contribution in [-0.4, -0.2) is 44.9 Å². The van der Waals surface area contributed by atoms with Crippen molar-refractivity contribution in [2.45, 2.75) is 123 Å². The van der Waals surface area contributed by atoms with Gasteiger partial charge in [-0.2, -0.15) is 0 Å². The number of carboxylic acid groups (broad SMARTS) is 1. The van der Waals surface area contributed by atoms with Crippen molar-refractivity contribution in [1.82, 2.24) is 20.6 Å². The van der Waals surface area contributed by atoms with Crippen LogP contribution in [0.1, 0.15) is 110 Å². The van der Waals surface area contributed by atoms with Gasteiger partial charge in [-0.05, 0) is 18.8 Å². The van der Waals surface area contributed by atoms with Gasteiger partial charge in [-0.25, -0.2) is 9.78 Å². The van der Waals surface area contributed by atoms with Gasteiger partial charge in [0, 0.05) is 24.7 Å². The van der Waals surface area contributed by atoms with E-state index in [9.17, 15) is 19.5 Å². The summed E-state index contributed by atoms with van der Waals surface area (Å²) in [6, 6.07) is -1.84. The first-order valence-electron chi connectivity index (χ1n) is 13.1. The number of nitrogens with zero attached hydrogens (tertiary/aromatic N) is 1. The van der Waals surface area contributed by atoms with Crippen molar-refractivity contribution in [3.8, 4) is 0 Å². The molecule has 0 aliphatic carbocycles. The average molecular weight is 479 g/mol. The zero-order valence-corrected chi connectivity index (χ0v) is 21.4. The van der Waals surface area contributed by atoms with E-state index in [0.717, 1.165) is 19.3 Å². The standard InChI is InChI=1S/C26H46N4O4/c1-4-5-6-7-8-9-10-11-12-13-14-15-24(31)29-22(17-21-18-27-19-28-21)25(32)30-23(26(33)34)16-20(2)3/h18-20,22-23H,4-17H2,1-3H3,(H,27,28)(H,29,31)(H,30,32)(H,33,34). The van der Waals surface area contributed by atoms with E-state index in [0.29, 0.717) is 18.5 Å². The summed E-state index contributed by atoms with van der Waals surface area (Å²) >= 11 is 0. The Hall–Kier alpha value is -2.38. The second kappa shape index (κ2) is 18.0. The van der Waals surface area contributed by atoms with Crippen molar-refractivity contribution in [2.75, 3.05) is 0 Å². The van der Waals surface area contributed by atoms with E-state index in [2.05, 4.69) is 27.5 Å². The largest absolute Gasteiger partial charge is 0.480 e. The minimum absolute atomic E-state index is 0.114. The van der Waals surface area contributed by atoms with Crippen LogP contribution >= 0.6 is 0 Å². The van der Waals surface area contributed by atoms with Crippen molar-refractivity contribution in [1.29, 1.82) is 0 Å². The van der Waals surface area contributed by atoms with Crippen LogP contribution in [0.15, 0.2) is 12.5 Å². The van der Waals surface area contributed by atoms with Crippen molar-refractivity contribution in [3.05, 3.63) is 18.2 Å². The molecule has 0 saturated heterocycles. The monoisotopic (exact) mass is 478 g/mol. The minimum Gasteiger partial charge on any atom is -0.480 e. The first-order chi connectivity index (χ1) is 16.3. The molecular weight excluding hydrogens is 432 g/mol. The van der Waals surface area contributed by atoms with Crippen LogP contribution in [0.25, 0.3) is 0 Å². The number of imidazole rings is 1. The summed E-state index contributed by atoms with van der Waals surface area (Å²) in [5.74, 6) is -1.64. The summed E-state index contributed by atoms with van der Waals surface area (Å²) < 4.78 is 0. The smallest absolute Gasteiger partial charge is 0.326 e. The Labute approximate surface area is 205 Å². The molecule has 1 rings (SSSR count). The fourth-order valence-electron chi connectivity index (χ4n) is 4.01. The molecule has 1 aromatic heterocycles. The molecule has 1 aromatic rings. The second-order valence-corrected chi connectivity index (χ2v) is 9.72. The van der Waals surface area contributed by atoms with Gasteiger partial charge >= 0.3 is 5.97 Å². The number of H-pyrrole nitrogens is 1. The number of amides is 2. The third-order valence-corrected chi connectivity index (χ3v) is 5.96. The fraction of sp³-hybridized carbons (Fsp3) is 0.769. The number of aliphatic carboxylic acids is 1. The summed E-state index contributed by atoms with van der Waals surface area (Å²) in [5, 5.41) is 14.8. The van der Waals surface area contributed by atoms with Crippen molar-refractivity contribution in [3.63, 3.8) is 0 Å². The molecule has 0 fully saturated rings.